The number of nitrogens with zero attached hydrogens (tertiary/aromatic N) is 3. The van der Waals surface area contributed by atoms with Gasteiger partial charge in [0.25, 0.3) is 0 Å². The van der Waals surface area contributed by atoms with E-state index >= 15 is 0 Å². The maximum absolute atomic E-state index is 10.2. The summed E-state index contributed by atoms with van der Waals surface area (Å²) in [6, 6.07) is 2.12. The van der Waals surface area contributed by atoms with E-state index in [4.69, 9.17) is 0 Å². The van der Waals surface area contributed by atoms with Gasteiger partial charge in [0.05, 0.1) is 10.7 Å². The summed E-state index contributed by atoms with van der Waals surface area (Å²) in [5.41, 5.74) is 1.86. The van der Waals surface area contributed by atoms with Gasteiger partial charge in [0.15, 0.2) is 0 Å². The Morgan fingerprint density at radius 3 is 2.82 bits per heavy atom. The van der Waals surface area contributed by atoms with Gasteiger partial charge in [-0.05, 0) is 26.8 Å². The highest BCUT2D eigenvalue weighted by atomic mass is 32.1. The van der Waals surface area contributed by atoms with E-state index in [0.717, 1.165) is 16.4 Å². The molecule has 0 aliphatic rings. The topological polar surface area (TPSA) is 50.9 Å². The highest BCUT2D eigenvalue weighted by Gasteiger charge is 2.16. The minimum Gasteiger partial charge on any atom is -0.386 e. The molecule has 0 radical (unpaired) electrons. The van der Waals surface area contributed by atoms with Crippen molar-refractivity contribution in [2.45, 2.75) is 39.3 Å². The Balaban J connectivity index is 2.14. The van der Waals surface area contributed by atoms with Crippen LogP contribution in [-0.2, 0) is 6.42 Å². The first-order valence-corrected chi connectivity index (χ1v) is 6.58. The summed E-state index contributed by atoms with van der Waals surface area (Å²) in [6.07, 6.45) is 1.74. The molecule has 2 aromatic rings. The second kappa shape index (κ2) is 4.98. The molecule has 2 rings (SSSR count). The Morgan fingerprint density at radius 2 is 2.24 bits per heavy atom. The molecule has 0 aliphatic heterocycles. The molecular weight excluding hydrogens is 234 g/mol. The molecule has 5 heteroatoms. The molecule has 17 heavy (non-hydrogen) atoms. The van der Waals surface area contributed by atoms with Crippen LogP contribution in [-0.4, -0.2) is 19.9 Å². The molecule has 2 aromatic heterocycles. The highest BCUT2D eigenvalue weighted by Crippen LogP contribution is 2.22. The van der Waals surface area contributed by atoms with Gasteiger partial charge in [-0.2, -0.15) is 5.10 Å². The average molecular weight is 251 g/mol. The van der Waals surface area contributed by atoms with E-state index in [0.29, 0.717) is 6.42 Å². The van der Waals surface area contributed by atoms with E-state index in [1.165, 1.54) is 0 Å². The number of thiazole rings is 1. The quantitative estimate of drug-likeness (QED) is 0.908. The van der Waals surface area contributed by atoms with Gasteiger partial charge < -0.3 is 5.11 Å². The third kappa shape index (κ3) is 2.73. The summed E-state index contributed by atoms with van der Waals surface area (Å²) in [6.45, 7) is 6.07. The van der Waals surface area contributed by atoms with Crippen LogP contribution >= 0.6 is 11.3 Å². The zero-order chi connectivity index (χ0) is 12.4. The van der Waals surface area contributed by atoms with Gasteiger partial charge in [-0.1, -0.05) is 0 Å². The van der Waals surface area contributed by atoms with Crippen LogP contribution in [0.15, 0.2) is 17.6 Å². The van der Waals surface area contributed by atoms with Crippen molar-refractivity contribution < 1.29 is 5.11 Å². The highest BCUT2D eigenvalue weighted by molar-refractivity contribution is 7.09. The lowest BCUT2D eigenvalue weighted by Gasteiger charge is -2.14. The maximum atomic E-state index is 10.2. The molecule has 0 saturated heterocycles. The van der Waals surface area contributed by atoms with E-state index < -0.39 is 6.10 Å². The van der Waals surface area contributed by atoms with Crippen LogP contribution in [0, 0.1) is 6.92 Å². The van der Waals surface area contributed by atoms with Crippen molar-refractivity contribution in [3.8, 4) is 0 Å². The standard InChI is InChI=1S/C12H17N3OS/c1-8(2)15-10(4-5-13-15)11(16)6-12-14-9(3)7-17-12/h4-5,7-8,11,16H,6H2,1-3H3. The van der Waals surface area contributed by atoms with Gasteiger partial charge in [0, 0.05) is 29.7 Å². The summed E-state index contributed by atoms with van der Waals surface area (Å²) in [5.74, 6) is 0. The molecule has 92 valence electrons. The van der Waals surface area contributed by atoms with Crippen molar-refractivity contribution in [1.29, 1.82) is 0 Å². The van der Waals surface area contributed by atoms with E-state index in [9.17, 15) is 5.11 Å². The zero-order valence-corrected chi connectivity index (χ0v) is 11.1. The van der Waals surface area contributed by atoms with Gasteiger partial charge in [-0.15, -0.1) is 11.3 Å². The fraction of sp³-hybridized carbons (Fsp3) is 0.500. The molecular formula is C12H17N3OS. The summed E-state index contributed by atoms with van der Waals surface area (Å²) < 4.78 is 1.85. The summed E-state index contributed by atoms with van der Waals surface area (Å²) in [5, 5.41) is 17.4. The predicted molar refractivity (Wildman–Crippen MR) is 68.1 cm³/mol. The Bertz CT molecular complexity index is 489. The fourth-order valence-corrected chi connectivity index (χ4v) is 2.60. The van der Waals surface area contributed by atoms with Crippen LogP contribution < -0.4 is 0 Å². The first-order valence-electron chi connectivity index (χ1n) is 5.70. The van der Waals surface area contributed by atoms with E-state index in [-0.39, 0.29) is 6.04 Å². The van der Waals surface area contributed by atoms with E-state index in [1.807, 2.05) is 23.1 Å². The number of rotatable bonds is 4. The van der Waals surface area contributed by atoms with Crippen molar-refractivity contribution in [2.75, 3.05) is 0 Å². The predicted octanol–water partition coefficient (Wildman–Crippen LogP) is 2.51. The van der Waals surface area contributed by atoms with Gasteiger partial charge in [0.1, 0.15) is 6.10 Å². The molecule has 0 spiro atoms. The van der Waals surface area contributed by atoms with Crippen molar-refractivity contribution in [3.05, 3.63) is 34.0 Å². The first kappa shape index (κ1) is 12.3. The Kier molecular flexibility index (Phi) is 3.59. The lowest BCUT2D eigenvalue weighted by molar-refractivity contribution is 0.164. The monoisotopic (exact) mass is 251 g/mol. The minimum absolute atomic E-state index is 0.257. The Morgan fingerprint density at radius 1 is 1.47 bits per heavy atom. The van der Waals surface area contributed by atoms with Crippen LogP contribution in [0.4, 0.5) is 0 Å². The Hall–Kier alpha value is -1.20. The molecule has 4 nitrogen and oxygen atoms in total. The molecule has 2 heterocycles. The minimum atomic E-state index is -0.537. The summed E-state index contributed by atoms with van der Waals surface area (Å²) in [7, 11) is 0. The number of aliphatic hydroxyl groups is 1. The molecule has 1 unspecified atom stereocenters. The number of aromatic nitrogens is 3. The van der Waals surface area contributed by atoms with Gasteiger partial charge in [0.2, 0.25) is 0 Å². The average Bonchev–Trinajstić information content (AvgIpc) is 2.86. The van der Waals surface area contributed by atoms with Crippen LogP contribution in [0.25, 0.3) is 0 Å². The number of aryl methyl sites for hydroxylation is 1. The molecule has 1 N–H and O–H groups in total. The summed E-state index contributed by atoms with van der Waals surface area (Å²) >= 11 is 1.59. The molecule has 0 bridgehead atoms. The molecule has 0 amide bonds. The lowest BCUT2D eigenvalue weighted by Crippen LogP contribution is -2.12. The SMILES string of the molecule is Cc1csc(CC(O)c2ccnn2C(C)C)n1. The summed E-state index contributed by atoms with van der Waals surface area (Å²) in [4.78, 5) is 4.36. The molecule has 0 fully saturated rings. The van der Waals surface area contributed by atoms with Crippen molar-refractivity contribution in [1.82, 2.24) is 14.8 Å². The lowest BCUT2D eigenvalue weighted by atomic mass is 10.2. The van der Waals surface area contributed by atoms with Crippen LogP contribution in [0.2, 0.25) is 0 Å². The van der Waals surface area contributed by atoms with Crippen molar-refractivity contribution in [2.24, 2.45) is 0 Å². The largest absolute Gasteiger partial charge is 0.386 e. The smallest absolute Gasteiger partial charge is 0.102 e. The fourth-order valence-electron chi connectivity index (χ4n) is 1.79. The van der Waals surface area contributed by atoms with Crippen LogP contribution in [0.5, 0.6) is 0 Å². The Labute approximate surface area is 105 Å². The number of hydrogen-bond acceptors (Lipinski definition) is 4. The van der Waals surface area contributed by atoms with Gasteiger partial charge >= 0.3 is 0 Å². The van der Waals surface area contributed by atoms with Crippen LogP contribution in [0.3, 0.4) is 0 Å². The normalized spacial score (nSPS) is 13.2. The third-order valence-corrected chi connectivity index (χ3v) is 3.55. The van der Waals surface area contributed by atoms with Crippen molar-refractivity contribution >= 4 is 11.3 Å². The first-order chi connectivity index (χ1) is 8.08. The zero-order valence-electron chi connectivity index (χ0n) is 10.3. The van der Waals surface area contributed by atoms with Gasteiger partial charge in [-0.3, -0.25) is 4.68 Å². The molecule has 0 saturated carbocycles. The second-order valence-electron chi connectivity index (χ2n) is 4.40. The second-order valence-corrected chi connectivity index (χ2v) is 5.34. The van der Waals surface area contributed by atoms with Crippen molar-refractivity contribution in [3.63, 3.8) is 0 Å². The maximum Gasteiger partial charge on any atom is 0.102 e. The number of aliphatic hydroxyl groups excluding tert-OH is 1. The van der Waals surface area contributed by atoms with E-state index in [1.54, 1.807) is 17.5 Å². The molecule has 0 aliphatic carbocycles. The third-order valence-electron chi connectivity index (χ3n) is 2.57. The number of hydrogen-bond donors (Lipinski definition) is 1. The van der Waals surface area contributed by atoms with Gasteiger partial charge in [-0.25, -0.2) is 4.98 Å². The van der Waals surface area contributed by atoms with Crippen LogP contribution in [0.1, 0.15) is 42.4 Å². The van der Waals surface area contributed by atoms with E-state index in [2.05, 4.69) is 23.9 Å². The molecule has 0 aromatic carbocycles. The molecule has 1 atom stereocenters.